The SMILES string of the molecule is C[n+]1[nH]oc(=O)c1C(=O)c1sc2nc(-c3ccccc3)cc(-c3ccccc3)c2c1N. The molecule has 3 heterocycles. The molecule has 8 heteroatoms. The van der Waals surface area contributed by atoms with E-state index in [1.54, 1.807) is 0 Å². The summed E-state index contributed by atoms with van der Waals surface area (Å²) in [6, 6.07) is 21.6. The minimum Gasteiger partial charge on any atom is -0.397 e. The Kier molecular flexibility index (Phi) is 4.48. The first-order valence-electron chi connectivity index (χ1n) is 9.50. The lowest BCUT2D eigenvalue weighted by Gasteiger charge is -2.08. The van der Waals surface area contributed by atoms with Crippen molar-refractivity contribution < 1.29 is 14.0 Å². The zero-order chi connectivity index (χ0) is 21.5. The highest BCUT2D eigenvalue weighted by Gasteiger charge is 2.32. The van der Waals surface area contributed by atoms with E-state index in [1.807, 2.05) is 66.7 Å². The van der Waals surface area contributed by atoms with Crippen LogP contribution in [-0.4, -0.2) is 16.0 Å². The molecule has 0 aliphatic rings. The molecule has 0 aliphatic heterocycles. The van der Waals surface area contributed by atoms with Gasteiger partial charge in [-0.2, -0.15) is 0 Å². The Balaban J connectivity index is 1.79. The number of ketones is 1. The summed E-state index contributed by atoms with van der Waals surface area (Å²) in [4.78, 5) is 30.8. The molecule has 31 heavy (non-hydrogen) atoms. The highest BCUT2D eigenvalue weighted by Crippen LogP contribution is 2.41. The Morgan fingerprint density at radius 2 is 1.71 bits per heavy atom. The van der Waals surface area contributed by atoms with Gasteiger partial charge in [-0.1, -0.05) is 65.3 Å². The fraction of sp³-hybridized carbons (Fsp3) is 0.0435. The molecule has 0 spiro atoms. The molecular weight excluding hydrogens is 412 g/mol. The Morgan fingerprint density at radius 3 is 2.32 bits per heavy atom. The number of fused-ring (bicyclic) bond motifs is 1. The number of aromatic nitrogens is 3. The van der Waals surface area contributed by atoms with Gasteiger partial charge >= 0.3 is 11.3 Å². The van der Waals surface area contributed by atoms with E-state index < -0.39 is 11.4 Å². The van der Waals surface area contributed by atoms with Crippen molar-refractivity contribution in [2.75, 3.05) is 5.73 Å². The normalized spacial score (nSPS) is 11.1. The molecule has 0 saturated heterocycles. The first kappa shape index (κ1) is 19.0. The summed E-state index contributed by atoms with van der Waals surface area (Å²) in [6.07, 6.45) is 0. The predicted molar refractivity (Wildman–Crippen MR) is 119 cm³/mol. The highest BCUT2D eigenvalue weighted by atomic mass is 32.1. The second-order valence-electron chi connectivity index (χ2n) is 7.03. The van der Waals surface area contributed by atoms with Crippen molar-refractivity contribution in [2.24, 2.45) is 7.05 Å². The number of hydrogen-bond donors (Lipinski definition) is 2. The van der Waals surface area contributed by atoms with Crippen LogP contribution in [0.15, 0.2) is 76.0 Å². The van der Waals surface area contributed by atoms with Gasteiger partial charge in [-0.15, -0.1) is 11.3 Å². The van der Waals surface area contributed by atoms with Gasteiger partial charge in [0, 0.05) is 10.9 Å². The van der Waals surface area contributed by atoms with Crippen LogP contribution in [0.4, 0.5) is 5.69 Å². The lowest BCUT2D eigenvalue weighted by atomic mass is 9.99. The Hall–Kier alpha value is -4.04. The van der Waals surface area contributed by atoms with E-state index in [4.69, 9.17) is 15.2 Å². The standard InChI is InChI=1S/C23H16N4O3S/c1-27-19(23(29)30-26-27)20(28)21-18(24)17-15(13-8-4-2-5-9-13)12-16(25-22(17)31-21)14-10-6-3-7-11-14/h2-12H,1H3,(H2-,24,26,28,29)/p+1. The monoisotopic (exact) mass is 429 g/mol. The van der Waals surface area contributed by atoms with Gasteiger partial charge in [0.15, 0.2) is 7.05 Å². The van der Waals surface area contributed by atoms with E-state index in [0.29, 0.717) is 15.9 Å². The lowest BCUT2D eigenvalue weighted by Crippen LogP contribution is -2.39. The molecule has 0 bridgehead atoms. The van der Waals surface area contributed by atoms with Gasteiger partial charge in [-0.3, -0.25) is 9.32 Å². The van der Waals surface area contributed by atoms with Crippen molar-refractivity contribution in [3.8, 4) is 22.4 Å². The average Bonchev–Trinajstić information content (AvgIpc) is 3.32. The van der Waals surface area contributed by atoms with E-state index in [2.05, 4.69) is 5.27 Å². The van der Waals surface area contributed by atoms with Gasteiger partial charge in [0.2, 0.25) is 0 Å². The van der Waals surface area contributed by atoms with Crippen molar-refractivity contribution in [1.29, 1.82) is 0 Å². The van der Waals surface area contributed by atoms with Crippen molar-refractivity contribution in [1.82, 2.24) is 10.3 Å². The predicted octanol–water partition coefficient (Wildman–Crippen LogP) is 3.55. The number of anilines is 1. The van der Waals surface area contributed by atoms with Gasteiger partial charge in [0.25, 0.3) is 5.78 Å². The fourth-order valence-corrected chi connectivity index (χ4v) is 4.65. The number of H-pyrrole nitrogens is 1. The summed E-state index contributed by atoms with van der Waals surface area (Å²) in [5.41, 5.74) is 9.48. The van der Waals surface area contributed by atoms with Crippen molar-refractivity contribution in [3.63, 3.8) is 0 Å². The molecule has 7 nitrogen and oxygen atoms in total. The summed E-state index contributed by atoms with van der Waals surface area (Å²) >= 11 is 1.17. The molecule has 0 fully saturated rings. The van der Waals surface area contributed by atoms with Crippen LogP contribution < -0.4 is 16.0 Å². The van der Waals surface area contributed by atoms with Crippen LogP contribution in [0.5, 0.6) is 0 Å². The molecule has 0 saturated carbocycles. The topological polar surface area (TPSA) is 106 Å². The van der Waals surface area contributed by atoms with E-state index in [1.165, 1.54) is 23.1 Å². The number of pyridine rings is 1. The van der Waals surface area contributed by atoms with Crippen molar-refractivity contribution >= 4 is 33.0 Å². The zero-order valence-corrected chi connectivity index (χ0v) is 17.3. The Bertz CT molecular complexity index is 1480. The number of thiophene rings is 1. The second-order valence-corrected chi connectivity index (χ2v) is 8.03. The number of nitrogen functional groups attached to an aromatic ring is 1. The molecule has 3 N–H and O–H groups in total. The lowest BCUT2D eigenvalue weighted by molar-refractivity contribution is -0.741. The third-order valence-corrected chi connectivity index (χ3v) is 6.18. The maximum Gasteiger partial charge on any atom is 0.438 e. The van der Waals surface area contributed by atoms with E-state index in [9.17, 15) is 9.59 Å². The zero-order valence-electron chi connectivity index (χ0n) is 16.5. The number of carbonyl (C=O) groups is 1. The molecule has 0 amide bonds. The smallest absolute Gasteiger partial charge is 0.397 e. The minimum absolute atomic E-state index is 0.122. The maximum atomic E-state index is 13.1. The van der Waals surface area contributed by atoms with Crippen LogP contribution in [0.2, 0.25) is 0 Å². The molecule has 5 rings (SSSR count). The van der Waals surface area contributed by atoms with Crippen LogP contribution >= 0.6 is 11.3 Å². The summed E-state index contributed by atoms with van der Waals surface area (Å²) in [5, 5.41) is 3.06. The molecule has 5 aromatic rings. The van der Waals surface area contributed by atoms with Gasteiger partial charge in [-0.25, -0.2) is 9.78 Å². The quantitative estimate of drug-likeness (QED) is 0.336. The average molecular weight is 429 g/mol. The summed E-state index contributed by atoms with van der Waals surface area (Å²) in [6.45, 7) is 0. The van der Waals surface area contributed by atoms with Crippen LogP contribution in [0.25, 0.3) is 32.6 Å². The number of aromatic amines is 1. The Morgan fingerprint density at radius 1 is 1.06 bits per heavy atom. The van der Waals surface area contributed by atoms with Crippen LogP contribution in [0.3, 0.4) is 0 Å². The van der Waals surface area contributed by atoms with Gasteiger partial charge < -0.3 is 5.73 Å². The molecule has 0 radical (unpaired) electrons. The van der Waals surface area contributed by atoms with Crippen molar-refractivity contribution in [2.45, 2.75) is 0 Å². The summed E-state index contributed by atoms with van der Waals surface area (Å²) < 4.78 is 5.98. The molecule has 0 unspecified atom stereocenters. The number of nitrogens with one attached hydrogen (secondary N) is 1. The fourth-order valence-electron chi connectivity index (χ4n) is 3.59. The molecule has 0 atom stereocenters. The minimum atomic E-state index is -0.745. The number of carbonyl (C=O) groups excluding carboxylic acids is 1. The number of nitrogens with zero attached hydrogens (tertiary/aromatic N) is 2. The van der Waals surface area contributed by atoms with Gasteiger partial charge in [-0.05, 0) is 22.5 Å². The Labute approximate surface area is 180 Å². The second kappa shape index (κ2) is 7.33. The first-order valence-corrected chi connectivity index (χ1v) is 10.3. The van der Waals surface area contributed by atoms with Crippen molar-refractivity contribution in [3.05, 3.63) is 87.7 Å². The number of aryl methyl sites for hydroxylation is 1. The van der Waals surface area contributed by atoms with Crippen LogP contribution in [0.1, 0.15) is 15.4 Å². The number of rotatable bonds is 4. The molecule has 0 aliphatic carbocycles. The third kappa shape index (κ3) is 3.13. The largest absolute Gasteiger partial charge is 0.438 e. The number of benzene rings is 2. The molecular formula is C23H17N4O3S+. The molecule has 2 aromatic carbocycles. The third-order valence-electron chi connectivity index (χ3n) is 5.08. The van der Waals surface area contributed by atoms with Gasteiger partial charge in [0.05, 0.1) is 11.4 Å². The van der Waals surface area contributed by atoms with Crippen LogP contribution in [0, 0.1) is 0 Å². The van der Waals surface area contributed by atoms with E-state index >= 15 is 0 Å². The summed E-state index contributed by atoms with van der Waals surface area (Å²) in [5.74, 6) is -0.502. The summed E-state index contributed by atoms with van der Waals surface area (Å²) in [7, 11) is 1.53. The maximum absolute atomic E-state index is 13.1. The number of hydrogen-bond acceptors (Lipinski definition) is 6. The molecule has 3 aromatic heterocycles. The number of nitrogens with two attached hydrogens (primary N) is 1. The van der Waals surface area contributed by atoms with Gasteiger partial charge in [0.1, 0.15) is 9.71 Å². The van der Waals surface area contributed by atoms with E-state index in [-0.39, 0.29) is 10.6 Å². The van der Waals surface area contributed by atoms with E-state index in [0.717, 1.165) is 22.4 Å². The molecule has 152 valence electrons. The first-order chi connectivity index (χ1) is 15.0. The van der Waals surface area contributed by atoms with Crippen LogP contribution in [-0.2, 0) is 7.05 Å². The highest BCUT2D eigenvalue weighted by molar-refractivity contribution is 7.21.